The van der Waals surface area contributed by atoms with Gasteiger partial charge < -0.3 is 16.2 Å². The Morgan fingerprint density at radius 2 is 1.88 bits per heavy atom. The van der Waals surface area contributed by atoms with Gasteiger partial charge in [-0.2, -0.15) is 5.10 Å². The SMILES string of the molecule is CCCOc1cc(-c2c(CCC)nn(C)c2C(N)=O)ccc1C(N)=O. The van der Waals surface area contributed by atoms with Gasteiger partial charge in [-0.15, -0.1) is 0 Å². The zero-order valence-corrected chi connectivity index (χ0v) is 14.8. The highest BCUT2D eigenvalue weighted by Gasteiger charge is 2.22. The molecule has 7 heteroatoms. The lowest BCUT2D eigenvalue weighted by Gasteiger charge is -2.12. The average molecular weight is 344 g/mol. The highest BCUT2D eigenvalue weighted by Crippen LogP contribution is 2.32. The number of benzene rings is 1. The van der Waals surface area contributed by atoms with Crippen LogP contribution in [0.5, 0.6) is 5.75 Å². The number of amides is 2. The van der Waals surface area contributed by atoms with Crippen molar-refractivity contribution in [3.8, 4) is 16.9 Å². The van der Waals surface area contributed by atoms with Crippen molar-refractivity contribution in [3.05, 3.63) is 35.2 Å². The lowest BCUT2D eigenvalue weighted by Crippen LogP contribution is -2.17. The third kappa shape index (κ3) is 3.81. The van der Waals surface area contributed by atoms with Gasteiger partial charge in [0.2, 0.25) is 0 Å². The lowest BCUT2D eigenvalue weighted by atomic mass is 9.98. The Labute approximate surface area is 146 Å². The summed E-state index contributed by atoms with van der Waals surface area (Å²) < 4.78 is 7.17. The fourth-order valence-electron chi connectivity index (χ4n) is 2.79. The molecule has 0 saturated heterocycles. The Bertz CT molecular complexity index is 796. The van der Waals surface area contributed by atoms with Crippen LogP contribution in [0, 0.1) is 0 Å². The van der Waals surface area contributed by atoms with E-state index in [0.717, 1.165) is 24.1 Å². The molecule has 0 radical (unpaired) electrons. The number of nitrogens with zero attached hydrogens (tertiary/aromatic N) is 2. The van der Waals surface area contributed by atoms with Crippen molar-refractivity contribution in [2.45, 2.75) is 33.1 Å². The molecule has 25 heavy (non-hydrogen) atoms. The fourth-order valence-corrected chi connectivity index (χ4v) is 2.79. The van der Waals surface area contributed by atoms with Crippen LogP contribution in [0.4, 0.5) is 0 Å². The van der Waals surface area contributed by atoms with Crippen LogP contribution in [0.25, 0.3) is 11.1 Å². The standard InChI is InChI=1S/C18H24N4O3/c1-4-6-13-15(16(18(20)24)22(3)21-13)11-7-8-12(17(19)23)14(10-11)25-9-5-2/h7-8,10H,4-6,9H2,1-3H3,(H2,19,23)(H2,20,24). The molecular formula is C18H24N4O3. The van der Waals surface area contributed by atoms with Gasteiger partial charge >= 0.3 is 0 Å². The molecule has 7 nitrogen and oxygen atoms in total. The lowest BCUT2D eigenvalue weighted by molar-refractivity contribution is 0.0985. The van der Waals surface area contributed by atoms with E-state index in [9.17, 15) is 9.59 Å². The molecule has 1 aromatic carbocycles. The molecule has 0 aliphatic rings. The van der Waals surface area contributed by atoms with E-state index in [2.05, 4.69) is 5.10 Å². The highest BCUT2D eigenvalue weighted by molar-refractivity contribution is 6.00. The summed E-state index contributed by atoms with van der Waals surface area (Å²) >= 11 is 0. The van der Waals surface area contributed by atoms with Gasteiger partial charge in [-0.25, -0.2) is 0 Å². The Morgan fingerprint density at radius 1 is 1.16 bits per heavy atom. The first-order chi connectivity index (χ1) is 11.9. The third-order valence-electron chi connectivity index (χ3n) is 3.84. The fraction of sp³-hybridized carbons (Fsp3) is 0.389. The summed E-state index contributed by atoms with van der Waals surface area (Å²) in [5, 5.41) is 4.43. The number of primary amides is 2. The first-order valence-corrected chi connectivity index (χ1v) is 8.33. The number of hydrogen-bond donors (Lipinski definition) is 2. The Hall–Kier alpha value is -2.83. The van der Waals surface area contributed by atoms with Crippen LogP contribution >= 0.6 is 0 Å². The molecule has 2 amide bonds. The van der Waals surface area contributed by atoms with E-state index in [1.54, 1.807) is 25.2 Å². The molecule has 0 fully saturated rings. The van der Waals surface area contributed by atoms with Gasteiger partial charge in [0.15, 0.2) is 0 Å². The van der Waals surface area contributed by atoms with Crippen LogP contribution in [-0.4, -0.2) is 28.2 Å². The first kappa shape index (κ1) is 18.5. The second-order valence-electron chi connectivity index (χ2n) is 5.83. The second kappa shape index (κ2) is 7.83. The van der Waals surface area contributed by atoms with Gasteiger partial charge in [0, 0.05) is 12.6 Å². The topological polar surface area (TPSA) is 113 Å². The van der Waals surface area contributed by atoms with Crippen LogP contribution < -0.4 is 16.2 Å². The van der Waals surface area contributed by atoms with E-state index < -0.39 is 11.8 Å². The Morgan fingerprint density at radius 3 is 2.44 bits per heavy atom. The predicted molar refractivity (Wildman–Crippen MR) is 95.5 cm³/mol. The van der Waals surface area contributed by atoms with Crippen molar-refractivity contribution in [1.82, 2.24) is 9.78 Å². The maximum absolute atomic E-state index is 11.9. The molecule has 0 saturated carbocycles. The normalized spacial score (nSPS) is 10.7. The van der Waals surface area contributed by atoms with Crippen LogP contribution in [0.15, 0.2) is 18.2 Å². The van der Waals surface area contributed by atoms with Crippen LogP contribution in [0.1, 0.15) is 53.2 Å². The van der Waals surface area contributed by atoms with Crippen molar-refractivity contribution in [1.29, 1.82) is 0 Å². The van der Waals surface area contributed by atoms with Crippen molar-refractivity contribution < 1.29 is 14.3 Å². The van der Waals surface area contributed by atoms with Gasteiger partial charge in [0.05, 0.1) is 17.9 Å². The molecule has 1 aromatic heterocycles. The van der Waals surface area contributed by atoms with Crippen molar-refractivity contribution in [2.24, 2.45) is 18.5 Å². The average Bonchev–Trinajstić information content (AvgIpc) is 2.89. The van der Waals surface area contributed by atoms with Gasteiger partial charge in [0.25, 0.3) is 11.8 Å². The number of hydrogen-bond acceptors (Lipinski definition) is 4. The maximum Gasteiger partial charge on any atom is 0.267 e. The number of nitrogens with two attached hydrogens (primary N) is 2. The molecule has 0 unspecified atom stereocenters. The maximum atomic E-state index is 11.9. The third-order valence-corrected chi connectivity index (χ3v) is 3.84. The second-order valence-corrected chi connectivity index (χ2v) is 5.83. The van der Waals surface area contributed by atoms with Crippen molar-refractivity contribution >= 4 is 11.8 Å². The van der Waals surface area contributed by atoms with E-state index in [1.165, 1.54) is 4.68 Å². The predicted octanol–water partition coefficient (Wildman–Crippen LogP) is 2.03. The van der Waals surface area contributed by atoms with E-state index in [1.807, 2.05) is 13.8 Å². The number of carbonyl (C=O) groups excluding carboxylic acids is 2. The summed E-state index contributed by atoms with van der Waals surface area (Å²) in [5.41, 5.74) is 13.8. The quantitative estimate of drug-likeness (QED) is 0.762. The molecular weight excluding hydrogens is 320 g/mol. The van der Waals surface area contributed by atoms with Gasteiger partial charge in [0.1, 0.15) is 11.4 Å². The molecule has 0 aliphatic heterocycles. The number of rotatable bonds is 8. The first-order valence-electron chi connectivity index (χ1n) is 8.33. The minimum absolute atomic E-state index is 0.304. The number of carbonyl (C=O) groups is 2. The van der Waals surface area contributed by atoms with E-state index in [4.69, 9.17) is 16.2 Å². The zero-order chi connectivity index (χ0) is 18.6. The van der Waals surface area contributed by atoms with E-state index >= 15 is 0 Å². The summed E-state index contributed by atoms with van der Waals surface area (Å²) in [5.74, 6) is -0.719. The minimum atomic E-state index is -0.562. The number of aromatic nitrogens is 2. The number of ether oxygens (including phenoxy) is 1. The molecule has 4 N–H and O–H groups in total. The van der Waals surface area contributed by atoms with E-state index in [0.29, 0.717) is 35.6 Å². The minimum Gasteiger partial charge on any atom is -0.493 e. The molecule has 0 atom stereocenters. The molecule has 1 heterocycles. The van der Waals surface area contributed by atoms with Gasteiger partial charge in [-0.3, -0.25) is 14.3 Å². The van der Waals surface area contributed by atoms with Crippen molar-refractivity contribution in [2.75, 3.05) is 6.61 Å². The Kier molecular flexibility index (Phi) is 5.80. The van der Waals surface area contributed by atoms with Crippen LogP contribution in [0.2, 0.25) is 0 Å². The molecule has 0 aliphatic carbocycles. The monoisotopic (exact) mass is 344 g/mol. The molecule has 0 bridgehead atoms. The smallest absolute Gasteiger partial charge is 0.267 e. The van der Waals surface area contributed by atoms with Gasteiger partial charge in [-0.1, -0.05) is 26.3 Å². The summed E-state index contributed by atoms with van der Waals surface area (Å²) in [4.78, 5) is 23.6. The summed E-state index contributed by atoms with van der Waals surface area (Å²) in [6, 6.07) is 5.07. The van der Waals surface area contributed by atoms with Crippen molar-refractivity contribution in [3.63, 3.8) is 0 Å². The molecule has 0 spiro atoms. The highest BCUT2D eigenvalue weighted by atomic mass is 16.5. The van der Waals surface area contributed by atoms with E-state index in [-0.39, 0.29) is 0 Å². The molecule has 134 valence electrons. The largest absolute Gasteiger partial charge is 0.493 e. The van der Waals surface area contributed by atoms with Crippen LogP contribution in [-0.2, 0) is 13.5 Å². The molecule has 2 aromatic rings. The van der Waals surface area contributed by atoms with Crippen LogP contribution in [0.3, 0.4) is 0 Å². The number of aryl methyl sites for hydroxylation is 2. The summed E-state index contributed by atoms with van der Waals surface area (Å²) in [6.45, 7) is 4.47. The molecule has 2 rings (SSSR count). The summed E-state index contributed by atoms with van der Waals surface area (Å²) in [7, 11) is 1.69. The summed E-state index contributed by atoms with van der Waals surface area (Å²) in [6.07, 6.45) is 2.38. The van der Waals surface area contributed by atoms with Gasteiger partial charge in [-0.05, 0) is 30.5 Å². The zero-order valence-electron chi connectivity index (χ0n) is 14.8. The Balaban J connectivity index is 2.65.